The highest BCUT2D eigenvalue weighted by molar-refractivity contribution is 9.27. The molecule has 0 spiro atoms. The molecule has 0 N–H and O–H groups in total. The van der Waals surface area contributed by atoms with Gasteiger partial charge in [0.15, 0.2) is 12.9 Å². The molecule has 0 bridgehead atoms. The van der Waals surface area contributed by atoms with Gasteiger partial charge in [-0.25, -0.2) is 8.42 Å². The summed E-state index contributed by atoms with van der Waals surface area (Å²) in [6.45, 7) is 2.26. The molecule has 0 saturated heterocycles. The molecule has 0 aromatic rings. The molecular weight excluding hydrogens is 428 g/mol. The largest absolute Gasteiger partial charge is 0.227 e. The first-order valence-electron chi connectivity index (χ1n) is 9.00. The minimum atomic E-state index is -2.98. The van der Waals surface area contributed by atoms with Gasteiger partial charge in [-0.05, 0) is 6.42 Å². The molecule has 0 fully saturated rings. The van der Waals surface area contributed by atoms with Crippen LogP contribution >= 0.6 is 31.9 Å². The highest BCUT2D eigenvalue weighted by Gasteiger charge is 2.18. The summed E-state index contributed by atoms with van der Waals surface area (Å²) in [7, 11) is -2.98. The molecule has 0 amide bonds. The van der Waals surface area contributed by atoms with Crippen molar-refractivity contribution in [3.8, 4) is 0 Å². The molecule has 134 valence electrons. The Bertz CT molecular complexity index is 330. The minimum Gasteiger partial charge on any atom is -0.227 e. The molecule has 0 unspecified atom stereocenters. The van der Waals surface area contributed by atoms with Crippen LogP contribution in [0.15, 0.2) is 0 Å². The van der Waals surface area contributed by atoms with Gasteiger partial charge in [0, 0.05) is 0 Å². The Labute approximate surface area is 155 Å². The lowest BCUT2D eigenvalue weighted by Crippen LogP contribution is -2.12. The van der Waals surface area contributed by atoms with E-state index in [2.05, 4.69) is 38.8 Å². The number of sulfone groups is 1. The maximum absolute atomic E-state index is 11.6. The van der Waals surface area contributed by atoms with Gasteiger partial charge in [-0.3, -0.25) is 0 Å². The normalized spacial score (nSPS) is 12.2. The van der Waals surface area contributed by atoms with Gasteiger partial charge in [-0.15, -0.1) is 0 Å². The topological polar surface area (TPSA) is 34.1 Å². The molecule has 5 heteroatoms. The van der Waals surface area contributed by atoms with E-state index in [1.807, 2.05) is 0 Å². The molecule has 0 aliphatic carbocycles. The van der Waals surface area contributed by atoms with Crippen LogP contribution in [0.25, 0.3) is 0 Å². The van der Waals surface area contributed by atoms with Crippen LogP contribution in [0.4, 0.5) is 0 Å². The third-order valence-corrected chi connectivity index (χ3v) is 8.87. The van der Waals surface area contributed by atoms with E-state index in [9.17, 15) is 8.42 Å². The highest BCUT2D eigenvalue weighted by Crippen LogP contribution is 2.19. The van der Waals surface area contributed by atoms with Crippen molar-refractivity contribution in [3.05, 3.63) is 0 Å². The average molecular weight is 462 g/mol. The van der Waals surface area contributed by atoms with Crippen molar-refractivity contribution in [1.29, 1.82) is 0 Å². The Balaban J connectivity index is 3.18. The summed E-state index contributed by atoms with van der Waals surface area (Å²) in [5.41, 5.74) is 0. The molecule has 0 rings (SSSR count). The highest BCUT2D eigenvalue weighted by atomic mass is 79.9. The molecular formula is C17H34Br2O2S. The fourth-order valence-corrected chi connectivity index (χ4v) is 4.49. The summed E-state index contributed by atoms with van der Waals surface area (Å²) in [5, 5.41) is 0. The van der Waals surface area contributed by atoms with Gasteiger partial charge in [0.1, 0.15) is 0 Å². The van der Waals surface area contributed by atoms with Crippen LogP contribution in [0.2, 0.25) is 0 Å². The quantitative estimate of drug-likeness (QED) is 0.184. The molecule has 0 saturated carbocycles. The average Bonchev–Trinajstić information content (AvgIpc) is 2.47. The van der Waals surface area contributed by atoms with Gasteiger partial charge in [-0.1, -0.05) is 122 Å². The fraction of sp³-hybridized carbons (Fsp3) is 1.00. The van der Waals surface area contributed by atoms with Gasteiger partial charge < -0.3 is 0 Å². The van der Waals surface area contributed by atoms with E-state index in [0.717, 1.165) is 12.8 Å². The predicted octanol–water partition coefficient (Wildman–Crippen LogP) is 6.96. The van der Waals surface area contributed by atoms with E-state index in [0.29, 0.717) is 0 Å². The zero-order valence-electron chi connectivity index (χ0n) is 14.2. The maximum atomic E-state index is 11.6. The van der Waals surface area contributed by atoms with E-state index in [1.165, 1.54) is 77.0 Å². The second-order valence-electron chi connectivity index (χ2n) is 6.22. The van der Waals surface area contributed by atoms with Crippen LogP contribution in [0, 0.1) is 0 Å². The summed E-state index contributed by atoms with van der Waals surface area (Å²) in [5.74, 6) is 0.284. The summed E-state index contributed by atoms with van der Waals surface area (Å²) in [6, 6.07) is 0. The number of rotatable bonds is 16. The van der Waals surface area contributed by atoms with Crippen molar-refractivity contribution in [2.24, 2.45) is 0 Å². The van der Waals surface area contributed by atoms with Crippen LogP contribution in [-0.4, -0.2) is 17.2 Å². The molecule has 0 aliphatic rings. The zero-order valence-corrected chi connectivity index (χ0v) is 18.2. The molecule has 2 nitrogen and oxygen atoms in total. The van der Waals surface area contributed by atoms with Gasteiger partial charge in [0.25, 0.3) is 0 Å². The smallest absolute Gasteiger partial charge is 0.173 e. The van der Waals surface area contributed by atoms with Crippen molar-refractivity contribution in [1.82, 2.24) is 0 Å². The van der Waals surface area contributed by atoms with Crippen molar-refractivity contribution in [3.63, 3.8) is 0 Å². The molecule has 22 heavy (non-hydrogen) atoms. The van der Waals surface area contributed by atoms with Crippen molar-refractivity contribution >= 4 is 41.7 Å². The number of halogens is 2. The number of unbranched alkanes of at least 4 members (excludes halogenated alkanes) is 13. The molecule has 0 aromatic heterocycles. The van der Waals surface area contributed by atoms with Gasteiger partial charge in [0.2, 0.25) is 0 Å². The standard InChI is InChI=1S/C17H34Br2O2S/c1-2-3-4-5-6-7-8-9-10-11-12-13-14-15-16-22(20,21)17(18)19/h17H,2-16H2,1H3. The zero-order chi connectivity index (χ0) is 16.7. The Hall–Kier alpha value is 0.910. The first-order chi connectivity index (χ1) is 10.5. The molecule has 0 atom stereocenters. The predicted molar refractivity (Wildman–Crippen MR) is 106 cm³/mol. The van der Waals surface area contributed by atoms with Crippen LogP contribution in [0.3, 0.4) is 0 Å². The number of hydrogen-bond donors (Lipinski definition) is 0. The third-order valence-electron chi connectivity index (χ3n) is 4.05. The fourth-order valence-electron chi connectivity index (χ4n) is 2.59. The first-order valence-corrected chi connectivity index (χ1v) is 12.5. The Morgan fingerprint density at radius 1 is 0.636 bits per heavy atom. The van der Waals surface area contributed by atoms with Crippen LogP contribution in [0.5, 0.6) is 0 Å². The third kappa shape index (κ3) is 14.5. The van der Waals surface area contributed by atoms with E-state index >= 15 is 0 Å². The molecule has 0 aromatic carbocycles. The molecule has 0 heterocycles. The number of alkyl halides is 2. The van der Waals surface area contributed by atoms with Crippen molar-refractivity contribution in [2.75, 3.05) is 5.75 Å². The Kier molecular flexibility index (Phi) is 16.1. The SMILES string of the molecule is CCCCCCCCCCCCCCCCS(=O)(=O)C(Br)Br. The van der Waals surface area contributed by atoms with E-state index in [1.54, 1.807) is 0 Å². The summed E-state index contributed by atoms with van der Waals surface area (Å²) < 4.78 is 22.5. The first kappa shape index (κ1) is 22.9. The lowest BCUT2D eigenvalue weighted by atomic mass is 10.0. The van der Waals surface area contributed by atoms with E-state index in [4.69, 9.17) is 0 Å². The van der Waals surface area contributed by atoms with Crippen molar-refractivity contribution in [2.45, 2.75) is 99.9 Å². The van der Waals surface area contributed by atoms with Gasteiger partial charge >= 0.3 is 0 Å². The lowest BCUT2D eigenvalue weighted by molar-refractivity contribution is 0.537. The van der Waals surface area contributed by atoms with Gasteiger partial charge in [-0.2, -0.15) is 0 Å². The van der Waals surface area contributed by atoms with E-state index in [-0.39, 0.29) is 5.75 Å². The van der Waals surface area contributed by atoms with Gasteiger partial charge in [0.05, 0.1) is 5.75 Å². The van der Waals surface area contributed by atoms with Crippen LogP contribution < -0.4 is 0 Å². The van der Waals surface area contributed by atoms with Crippen LogP contribution in [-0.2, 0) is 9.84 Å². The molecule has 0 aliphatic heterocycles. The minimum absolute atomic E-state index is 0.284. The number of hydrogen-bond acceptors (Lipinski definition) is 2. The Morgan fingerprint density at radius 3 is 1.27 bits per heavy atom. The summed E-state index contributed by atoms with van der Waals surface area (Å²) >= 11 is 6.13. The summed E-state index contributed by atoms with van der Waals surface area (Å²) in [6.07, 6.45) is 18.0. The van der Waals surface area contributed by atoms with Crippen LogP contribution in [0.1, 0.15) is 96.8 Å². The maximum Gasteiger partial charge on any atom is 0.173 e. The monoisotopic (exact) mass is 460 g/mol. The van der Waals surface area contributed by atoms with Crippen molar-refractivity contribution < 1.29 is 8.42 Å². The second-order valence-corrected chi connectivity index (χ2v) is 12.7. The lowest BCUT2D eigenvalue weighted by Gasteiger charge is -2.05. The molecule has 0 radical (unpaired) electrons. The second kappa shape index (κ2) is 15.4. The summed E-state index contributed by atoms with van der Waals surface area (Å²) in [4.78, 5) is 0. The van der Waals surface area contributed by atoms with E-state index < -0.39 is 12.9 Å². The Morgan fingerprint density at radius 2 is 0.955 bits per heavy atom.